The summed E-state index contributed by atoms with van der Waals surface area (Å²) in [4.78, 5) is 5.06. The van der Waals surface area contributed by atoms with Gasteiger partial charge in [0, 0.05) is 28.7 Å². The Kier molecular flexibility index (Phi) is 4.68. The lowest BCUT2D eigenvalue weighted by atomic mass is 9.93. The number of pyridine rings is 1. The van der Waals surface area contributed by atoms with E-state index in [1.807, 2.05) is 0 Å². The van der Waals surface area contributed by atoms with Crippen LogP contribution in [0.15, 0.2) is 66.7 Å². The van der Waals surface area contributed by atoms with E-state index in [4.69, 9.17) is 4.98 Å². The molecule has 1 unspecified atom stereocenters. The fourth-order valence-electron chi connectivity index (χ4n) is 3.99. The van der Waals surface area contributed by atoms with Crippen LogP contribution in [0, 0.1) is 27.7 Å². The minimum absolute atomic E-state index is 0.286. The summed E-state index contributed by atoms with van der Waals surface area (Å²) >= 11 is 0. The molecule has 0 N–H and O–H groups in total. The maximum Gasteiger partial charge on any atom is 0.139 e. The van der Waals surface area contributed by atoms with Gasteiger partial charge in [0.2, 0.25) is 0 Å². The number of hydrogen-bond donors (Lipinski definition) is 0. The highest BCUT2D eigenvalue weighted by Crippen LogP contribution is 2.29. The van der Waals surface area contributed by atoms with Crippen LogP contribution in [0.4, 0.5) is 0 Å². The van der Waals surface area contributed by atoms with Crippen LogP contribution in [-0.2, 0) is 0 Å². The van der Waals surface area contributed by atoms with Crippen LogP contribution < -0.4 is 0 Å². The van der Waals surface area contributed by atoms with Crippen molar-refractivity contribution in [3.63, 3.8) is 0 Å². The molecule has 4 rings (SSSR count). The molecule has 0 amide bonds. The SMILES string of the molecule is Cc1ccc(C)n1-c1cc(C(C)c2ccccc2)cc(-n2c(C)ccc2C)n1. The summed E-state index contributed by atoms with van der Waals surface area (Å²) < 4.78 is 4.47. The molecule has 3 nitrogen and oxygen atoms in total. The van der Waals surface area contributed by atoms with Gasteiger partial charge >= 0.3 is 0 Å². The smallest absolute Gasteiger partial charge is 0.139 e. The zero-order valence-electron chi connectivity index (χ0n) is 17.3. The quantitative estimate of drug-likeness (QED) is 0.429. The highest BCUT2D eigenvalue weighted by Gasteiger charge is 2.16. The van der Waals surface area contributed by atoms with E-state index in [-0.39, 0.29) is 5.92 Å². The predicted molar refractivity (Wildman–Crippen MR) is 116 cm³/mol. The van der Waals surface area contributed by atoms with Crippen molar-refractivity contribution in [2.45, 2.75) is 40.5 Å². The van der Waals surface area contributed by atoms with Gasteiger partial charge < -0.3 is 9.13 Å². The van der Waals surface area contributed by atoms with Crippen LogP contribution in [0.1, 0.15) is 46.7 Å². The van der Waals surface area contributed by atoms with Crippen molar-refractivity contribution >= 4 is 0 Å². The van der Waals surface area contributed by atoms with Gasteiger partial charge in [0.05, 0.1) is 0 Å². The Morgan fingerprint density at radius 3 is 1.46 bits per heavy atom. The van der Waals surface area contributed by atoms with Gasteiger partial charge in [0.1, 0.15) is 11.6 Å². The lowest BCUT2D eigenvalue weighted by Gasteiger charge is -2.19. The van der Waals surface area contributed by atoms with Gasteiger partial charge in [0.25, 0.3) is 0 Å². The Hall–Kier alpha value is -3.07. The number of rotatable bonds is 4. The molecule has 3 heterocycles. The molecule has 0 radical (unpaired) electrons. The molecule has 0 spiro atoms. The molecule has 1 aromatic carbocycles. The molecule has 0 saturated carbocycles. The Labute approximate surface area is 167 Å². The molecule has 0 aliphatic rings. The molecule has 28 heavy (non-hydrogen) atoms. The Bertz CT molecular complexity index is 1010. The van der Waals surface area contributed by atoms with E-state index in [0.29, 0.717) is 0 Å². The lowest BCUT2D eigenvalue weighted by Crippen LogP contribution is -2.10. The van der Waals surface area contributed by atoms with Crippen LogP contribution in [0.2, 0.25) is 0 Å². The first-order valence-corrected chi connectivity index (χ1v) is 9.83. The van der Waals surface area contributed by atoms with Crippen molar-refractivity contribution in [1.29, 1.82) is 0 Å². The van der Waals surface area contributed by atoms with E-state index in [1.54, 1.807) is 0 Å². The zero-order chi connectivity index (χ0) is 19.8. The average molecular weight is 370 g/mol. The summed E-state index contributed by atoms with van der Waals surface area (Å²) in [7, 11) is 0. The van der Waals surface area contributed by atoms with Gasteiger partial charge in [-0.3, -0.25) is 0 Å². The molecule has 1 atom stereocenters. The maximum atomic E-state index is 5.06. The second kappa shape index (κ2) is 7.16. The van der Waals surface area contributed by atoms with Crippen molar-refractivity contribution in [3.05, 3.63) is 101 Å². The zero-order valence-corrected chi connectivity index (χ0v) is 17.3. The van der Waals surface area contributed by atoms with Crippen LogP contribution >= 0.6 is 0 Å². The first-order chi connectivity index (χ1) is 13.5. The monoisotopic (exact) mass is 369 g/mol. The third-order valence-corrected chi connectivity index (χ3v) is 5.62. The van der Waals surface area contributed by atoms with Gasteiger partial charge in [-0.1, -0.05) is 37.3 Å². The number of aromatic nitrogens is 3. The Morgan fingerprint density at radius 2 is 1.04 bits per heavy atom. The second-order valence-corrected chi connectivity index (χ2v) is 7.65. The topological polar surface area (TPSA) is 22.8 Å². The molecule has 4 aromatic rings. The van der Waals surface area contributed by atoms with Crippen molar-refractivity contribution < 1.29 is 0 Å². The summed E-state index contributed by atoms with van der Waals surface area (Å²) in [5, 5.41) is 0. The summed E-state index contributed by atoms with van der Waals surface area (Å²) in [5.41, 5.74) is 7.37. The minimum atomic E-state index is 0.286. The molecule has 142 valence electrons. The molecule has 0 aliphatic heterocycles. The number of hydrogen-bond acceptors (Lipinski definition) is 1. The van der Waals surface area contributed by atoms with Gasteiger partial charge in [-0.15, -0.1) is 0 Å². The standard InChI is InChI=1S/C25H27N3/c1-17-11-12-18(2)27(17)24-15-23(21(5)22-9-7-6-8-10-22)16-25(26-24)28-19(3)13-14-20(28)4/h6-16,21H,1-5H3. The summed E-state index contributed by atoms with van der Waals surface area (Å²) in [6.07, 6.45) is 0. The van der Waals surface area contributed by atoms with Gasteiger partial charge in [0.15, 0.2) is 0 Å². The molecule has 0 saturated heterocycles. The van der Waals surface area contributed by atoms with Crippen molar-refractivity contribution in [2.24, 2.45) is 0 Å². The highest BCUT2D eigenvalue weighted by atomic mass is 15.1. The van der Waals surface area contributed by atoms with Crippen LogP contribution in [0.3, 0.4) is 0 Å². The molecule has 0 aliphatic carbocycles. The van der Waals surface area contributed by atoms with Crippen LogP contribution in [0.5, 0.6) is 0 Å². The first-order valence-electron chi connectivity index (χ1n) is 9.83. The van der Waals surface area contributed by atoms with Crippen molar-refractivity contribution in [1.82, 2.24) is 14.1 Å². The number of benzene rings is 1. The third-order valence-electron chi connectivity index (χ3n) is 5.62. The maximum absolute atomic E-state index is 5.06. The van der Waals surface area contributed by atoms with Gasteiger partial charge in [-0.05, 0) is 75.2 Å². The Balaban J connectivity index is 1.94. The molecule has 3 aromatic heterocycles. The summed E-state index contributed by atoms with van der Waals surface area (Å²) in [6, 6.07) is 23.7. The van der Waals surface area contributed by atoms with E-state index in [1.165, 1.54) is 33.9 Å². The molecular formula is C25H27N3. The van der Waals surface area contributed by atoms with E-state index in [0.717, 1.165) is 11.6 Å². The predicted octanol–water partition coefficient (Wildman–Crippen LogP) is 6.05. The number of aryl methyl sites for hydroxylation is 4. The largest absolute Gasteiger partial charge is 0.303 e. The van der Waals surface area contributed by atoms with E-state index in [9.17, 15) is 0 Å². The average Bonchev–Trinajstić information content (AvgIpc) is 3.22. The molecule has 3 heteroatoms. The summed E-state index contributed by atoms with van der Waals surface area (Å²) in [5.74, 6) is 2.24. The normalized spacial score (nSPS) is 12.3. The van der Waals surface area contributed by atoms with Crippen LogP contribution in [0.25, 0.3) is 11.6 Å². The first kappa shape index (κ1) is 18.3. The van der Waals surface area contributed by atoms with Gasteiger partial charge in [-0.2, -0.15) is 0 Å². The minimum Gasteiger partial charge on any atom is -0.303 e. The highest BCUT2D eigenvalue weighted by molar-refractivity contribution is 5.46. The lowest BCUT2D eigenvalue weighted by molar-refractivity contribution is 0.846. The molecular weight excluding hydrogens is 342 g/mol. The Morgan fingerprint density at radius 1 is 0.607 bits per heavy atom. The molecule has 0 fully saturated rings. The third kappa shape index (κ3) is 3.18. The second-order valence-electron chi connectivity index (χ2n) is 7.65. The van der Waals surface area contributed by atoms with Crippen molar-refractivity contribution in [3.8, 4) is 11.6 Å². The fraction of sp³-hybridized carbons (Fsp3) is 0.240. The van der Waals surface area contributed by atoms with E-state index < -0.39 is 0 Å². The fourth-order valence-corrected chi connectivity index (χ4v) is 3.99. The van der Waals surface area contributed by atoms with E-state index >= 15 is 0 Å². The van der Waals surface area contributed by atoms with E-state index in [2.05, 4.69) is 110 Å². The van der Waals surface area contributed by atoms with Crippen molar-refractivity contribution in [2.75, 3.05) is 0 Å². The molecule has 0 bridgehead atoms. The van der Waals surface area contributed by atoms with Gasteiger partial charge in [-0.25, -0.2) is 4.98 Å². The number of nitrogens with zero attached hydrogens (tertiary/aromatic N) is 3. The summed E-state index contributed by atoms with van der Waals surface area (Å²) in [6.45, 7) is 10.8. The van der Waals surface area contributed by atoms with Crippen LogP contribution in [-0.4, -0.2) is 14.1 Å².